The van der Waals surface area contributed by atoms with E-state index in [0.29, 0.717) is 17.3 Å². The lowest BCUT2D eigenvalue weighted by Gasteiger charge is -2.11. The number of nitrogens with one attached hydrogen (secondary N) is 1. The van der Waals surface area contributed by atoms with E-state index in [4.69, 9.17) is 0 Å². The summed E-state index contributed by atoms with van der Waals surface area (Å²) in [6.07, 6.45) is 3.35. The van der Waals surface area contributed by atoms with E-state index in [-0.39, 0.29) is 11.5 Å². The van der Waals surface area contributed by atoms with Crippen LogP contribution in [0.2, 0.25) is 0 Å². The van der Waals surface area contributed by atoms with Crippen LogP contribution in [0.15, 0.2) is 24.3 Å². The first-order valence-electron chi connectivity index (χ1n) is 5.83. The third-order valence-electron chi connectivity index (χ3n) is 3.15. The lowest BCUT2D eigenvalue weighted by molar-refractivity contribution is 0.0943. The second-order valence-corrected chi connectivity index (χ2v) is 5.76. The number of halogens is 2. The molecule has 2 rings (SSSR count). The van der Waals surface area contributed by atoms with Crippen LogP contribution in [0.1, 0.15) is 29.6 Å². The Hall–Kier alpha value is -0.900. The molecule has 1 N–H and O–H groups in total. The summed E-state index contributed by atoms with van der Waals surface area (Å²) in [4.78, 5) is 12.3. The zero-order chi connectivity index (χ0) is 12.3. The van der Waals surface area contributed by atoms with Gasteiger partial charge in [-0.1, -0.05) is 28.1 Å². The van der Waals surface area contributed by atoms with Gasteiger partial charge in [-0.25, -0.2) is 4.39 Å². The number of carbonyl (C=O) groups excluding carboxylic acids is 1. The summed E-state index contributed by atoms with van der Waals surface area (Å²) in [5, 5.41) is 2.80. The van der Waals surface area contributed by atoms with E-state index in [1.165, 1.54) is 12.1 Å². The first-order chi connectivity index (χ1) is 8.16. The Balaban J connectivity index is 1.88. The first-order valence-corrected chi connectivity index (χ1v) is 6.75. The minimum Gasteiger partial charge on any atom is -0.352 e. The Bertz CT molecular complexity index is 410. The maximum Gasteiger partial charge on any atom is 0.254 e. The molecule has 0 aromatic heterocycles. The molecule has 92 valence electrons. The summed E-state index contributed by atoms with van der Waals surface area (Å²) < 4.78 is 13.3. The monoisotopic (exact) mass is 299 g/mol. The molecule has 1 amide bonds. The van der Waals surface area contributed by atoms with Crippen molar-refractivity contribution in [1.29, 1.82) is 0 Å². The molecule has 17 heavy (non-hydrogen) atoms. The predicted octanol–water partition coefficient (Wildman–Crippen LogP) is 3.12. The molecule has 0 heterocycles. The maximum absolute atomic E-state index is 13.3. The van der Waals surface area contributed by atoms with Crippen LogP contribution in [0, 0.1) is 11.7 Å². The molecule has 1 saturated carbocycles. The Morgan fingerprint density at radius 2 is 2.18 bits per heavy atom. The van der Waals surface area contributed by atoms with Gasteiger partial charge in [0.2, 0.25) is 0 Å². The van der Waals surface area contributed by atoms with Crippen molar-refractivity contribution >= 4 is 21.8 Å². The van der Waals surface area contributed by atoms with Gasteiger partial charge in [-0.15, -0.1) is 0 Å². The topological polar surface area (TPSA) is 29.1 Å². The van der Waals surface area contributed by atoms with Crippen LogP contribution in [0.5, 0.6) is 0 Å². The molecule has 0 aliphatic heterocycles. The van der Waals surface area contributed by atoms with Crippen LogP contribution in [0.3, 0.4) is 0 Å². The summed E-state index contributed by atoms with van der Waals surface area (Å²) in [5.74, 6) is -0.272. The fourth-order valence-electron chi connectivity index (χ4n) is 2.18. The third kappa shape index (κ3) is 3.28. The highest BCUT2D eigenvalue weighted by Crippen LogP contribution is 2.30. The van der Waals surface area contributed by atoms with Crippen LogP contribution in [-0.2, 0) is 0 Å². The van der Waals surface area contributed by atoms with Gasteiger partial charge in [0.05, 0.1) is 5.56 Å². The van der Waals surface area contributed by atoms with Gasteiger partial charge in [-0.2, -0.15) is 0 Å². The van der Waals surface area contributed by atoms with E-state index in [0.717, 1.165) is 19.3 Å². The Labute approximate surface area is 109 Å². The van der Waals surface area contributed by atoms with Gasteiger partial charge < -0.3 is 5.32 Å². The van der Waals surface area contributed by atoms with E-state index >= 15 is 0 Å². The molecule has 0 spiro atoms. The van der Waals surface area contributed by atoms with Crippen LogP contribution in [-0.4, -0.2) is 17.3 Å². The second-order valence-electron chi connectivity index (χ2n) is 4.47. The van der Waals surface area contributed by atoms with Crippen LogP contribution in [0.25, 0.3) is 0 Å². The molecule has 1 aliphatic rings. The van der Waals surface area contributed by atoms with Gasteiger partial charge in [0.15, 0.2) is 0 Å². The van der Waals surface area contributed by atoms with Crippen molar-refractivity contribution in [2.24, 2.45) is 5.92 Å². The van der Waals surface area contributed by atoms with E-state index in [1.54, 1.807) is 12.1 Å². The van der Waals surface area contributed by atoms with Crippen molar-refractivity contribution in [1.82, 2.24) is 5.32 Å². The van der Waals surface area contributed by atoms with Gasteiger partial charge in [-0.3, -0.25) is 4.79 Å². The van der Waals surface area contributed by atoms with Gasteiger partial charge in [0.25, 0.3) is 5.91 Å². The predicted molar refractivity (Wildman–Crippen MR) is 68.8 cm³/mol. The average Bonchev–Trinajstić information content (AvgIpc) is 2.73. The fraction of sp³-hybridized carbons (Fsp3) is 0.462. The summed E-state index contributed by atoms with van der Waals surface area (Å²) in [6.45, 7) is 0.634. The lowest BCUT2D eigenvalue weighted by atomic mass is 10.1. The van der Waals surface area contributed by atoms with E-state index in [2.05, 4.69) is 21.2 Å². The number of hydrogen-bond acceptors (Lipinski definition) is 1. The molecule has 4 heteroatoms. The first kappa shape index (κ1) is 12.6. The van der Waals surface area contributed by atoms with Crippen LogP contribution in [0.4, 0.5) is 4.39 Å². The van der Waals surface area contributed by atoms with Crippen molar-refractivity contribution in [3.8, 4) is 0 Å². The number of hydrogen-bond donors (Lipinski definition) is 1. The van der Waals surface area contributed by atoms with Crippen molar-refractivity contribution in [3.05, 3.63) is 35.6 Å². The molecular formula is C13H15BrFNO. The van der Waals surface area contributed by atoms with Crippen LogP contribution < -0.4 is 5.32 Å². The normalized spacial score (nSPS) is 23.6. The van der Waals surface area contributed by atoms with Gasteiger partial charge in [0, 0.05) is 11.4 Å². The largest absolute Gasteiger partial charge is 0.352 e. The highest BCUT2D eigenvalue weighted by Gasteiger charge is 2.23. The average molecular weight is 300 g/mol. The molecule has 2 unspecified atom stereocenters. The van der Waals surface area contributed by atoms with Gasteiger partial charge in [0.1, 0.15) is 5.82 Å². The van der Waals surface area contributed by atoms with Crippen molar-refractivity contribution < 1.29 is 9.18 Å². The summed E-state index contributed by atoms with van der Waals surface area (Å²) in [5.41, 5.74) is 0.126. The minimum atomic E-state index is -0.463. The number of benzene rings is 1. The molecule has 2 atom stereocenters. The molecule has 2 nitrogen and oxygen atoms in total. The van der Waals surface area contributed by atoms with E-state index in [9.17, 15) is 9.18 Å². The smallest absolute Gasteiger partial charge is 0.254 e. The number of rotatable bonds is 3. The third-order valence-corrected chi connectivity index (χ3v) is 3.98. The Kier molecular flexibility index (Phi) is 4.15. The molecule has 0 saturated heterocycles. The van der Waals surface area contributed by atoms with Crippen molar-refractivity contribution in [2.45, 2.75) is 24.1 Å². The minimum absolute atomic E-state index is 0.126. The summed E-state index contributed by atoms with van der Waals surface area (Å²) in [6, 6.07) is 6.06. The molecule has 1 aliphatic carbocycles. The fourth-order valence-corrected chi connectivity index (χ4v) is 2.97. The second kappa shape index (κ2) is 5.63. The number of amides is 1. The number of carbonyl (C=O) groups is 1. The Morgan fingerprint density at radius 1 is 1.41 bits per heavy atom. The highest BCUT2D eigenvalue weighted by atomic mass is 79.9. The maximum atomic E-state index is 13.3. The SMILES string of the molecule is O=C(NCC1CCC(Br)C1)c1ccccc1F. The van der Waals surface area contributed by atoms with E-state index in [1.807, 2.05) is 0 Å². The molecular weight excluding hydrogens is 285 g/mol. The molecule has 1 aromatic carbocycles. The van der Waals surface area contributed by atoms with E-state index < -0.39 is 5.82 Å². The molecule has 1 fully saturated rings. The zero-order valence-electron chi connectivity index (χ0n) is 9.46. The standard InChI is InChI=1S/C13H15BrFNO/c14-10-6-5-9(7-10)8-16-13(17)11-3-1-2-4-12(11)15/h1-4,9-10H,5-8H2,(H,16,17). The highest BCUT2D eigenvalue weighted by molar-refractivity contribution is 9.09. The summed E-state index contributed by atoms with van der Waals surface area (Å²) in [7, 11) is 0. The zero-order valence-corrected chi connectivity index (χ0v) is 11.0. The van der Waals surface area contributed by atoms with Crippen LogP contribution >= 0.6 is 15.9 Å². The quantitative estimate of drug-likeness (QED) is 0.854. The van der Waals surface area contributed by atoms with Gasteiger partial charge >= 0.3 is 0 Å². The van der Waals surface area contributed by atoms with Gasteiger partial charge in [-0.05, 0) is 37.3 Å². The summed E-state index contributed by atoms with van der Waals surface area (Å²) >= 11 is 3.57. The van der Waals surface area contributed by atoms with Crippen molar-refractivity contribution in [3.63, 3.8) is 0 Å². The van der Waals surface area contributed by atoms with Crippen molar-refractivity contribution in [2.75, 3.05) is 6.54 Å². The number of alkyl halides is 1. The molecule has 1 aromatic rings. The lowest BCUT2D eigenvalue weighted by Crippen LogP contribution is -2.29. The Morgan fingerprint density at radius 3 is 2.82 bits per heavy atom. The molecule has 0 radical (unpaired) electrons. The molecule has 0 bridgehead atoms.